The molecule has 0 fully saturated rings. The zero-order chi connectivity index (χ0) is 19.2. The number of nitrogens with zero attached hydrogens (tertiary/aromatic N) is 1. The Morgan fingerprint density at radius 2 is 1.74 bits per heavy atom. The Bertz CT molecular complexity index is 944. The second kappa shape index (κ2) is 8.56. The Morgan fingerprint density at radius 1 is 1.04 bits per heavy atom. The van der Waals surface area contributed by atoms with Crippen LogP contribution in [0.25, 0.3) is 0 Å². The van der Waals surface area contributed by atoms with Gasteiger partial charge in [-0.05, 0) is 44.2 Å². The summed E-state index contributed by atoms with van der Waals surface area (Å²) in [5, 5.41) is 6.64. The average molecular weight is 382 g/mol. The number of nitrogens with one attached hydrogen (secondary N) is 2. The third-order valence-corrected chi connectivity index (χ3v) is 3.98. The van der Waals surface area contributed by atoms with Crippen molar-refractivity contribution in [1.82, 2.24) is 4.98 Å². The minimum Gasteiger partial charge on any atom is -0.489 e. The van der Waals surface area contributed by atoms with Crippen molar-refractivity contribution in [2.24, 2.45) is 0 Å². The summed E-state index contributed by atoms with van der Waals surface area (Å²) in [4.78, 5) is 16.8. The van der Waals surface area contributed by atoms with Crippen molar-refractivity contribution in [3.05, 3.63) is 77.6 Å². The first-order valence-electron chi connectivity index (χ1n) is 8.56. The van der Waals surface area contributed by atoms with E-state index in [-0.39, 0.29) is 12.0 Å². The minimum absolute atomic E-state index is 0.00728. The van der Waals surface area contributed by atoms with Crippen LogP contribution in [0.3, 0.4) is 0 Å². The number of carbonyl (C=O) groups excluding carboxylic acids is 1. The van der Waals surface area contributed by atoms with Gasteiger partial charge in [-0.3, -0.25) is 9.78 Å². The number of rotatable bonds is 6. The van der Waals surface area contributed by atoms with E-state index in [2.05, 4.69) is 15.6 Å². The Labute approximate surface area is 163 Å². The van der Waals surface area contributed by atoms with Crippen LogP contribution in [-0.4, -0.2) is 17.0 Å². The number of amides is 1. The van der Waals surface area contributed by atoms with E-state index < -0.39 is 0 Å². The van der Waals surface area contributed by atoms with E-state index in [1.807, 2.05) is 50.2 Å². The molecule has 0 bridgehead atoms. The maximum absolute atomic E-state index is 12.7. The van der Waals surface area contributed by atoms with E-state index in [1.165, 1.54) is 6.20 Å². The Balaban J connectivity index is 1.77. The molecule has 0 atom stereocenters. The molecule has 0 saturated carbocycles. The van der Waals surface area contributed by atoms with E-state index in [0.29, 0.717) is 27.7 Å². The van der Waals surface area contributed by atoms with Crippen LogP contribution < -0.4 is 15.4 Å². The first kappa shape index (κ1) is 18.7. The molecule has 6 heteroatoms. The van der Waals surface area contributed by atoms with E-state index in [0.717, 1.165) is 5.69 Å². The molecule has 138 valence electrons. The molecule has 0 saturated heterocycles. The zero-order valence-electron chi connectivity index (χ0n) is 15.1. The van der Waals surface area contributed by atoms with Gasteiger partial charge in [-0.2, -0.15) is 0 Å². The van der Waals surface area contributed by atoms with Gasteiger partial charge in [0.1, 0.15) is 5.75 Å². The smallest absolute Gasteiger partial charge is 0.257 e. The molecule has 0 spiro atoms. The van der Waals surface area contributed by atoms with E-state index in [9.17, 15) is 4.79 Å². The van der Waals surface area contributed by atoms with Crippen LogP contribution in [0, 0.1) is 0 Å². The number of carbonyl (C=O) groups is 1. The van der Waals surface area contributed by atoms with Crippen LogP contribution >= 0.6 is 11.6 Å². The highest BCUT2D eigenvalue weighted by Crippen LogP contribution is 2.27. The molecule has 5 nitrogen and oxygen atoms in total. The molecule has 3 rings (SSSR count). The van der Waals surface area contributed by atoms with Crippen molar-refractivity contribution in [2.45, 2.75) is 20.0 Å². The summed E-state index contributed by atoms with van der Waals surface area (Å²) in [6.45, 7) is 3.87. The van der Waals surface area contributed by atoms with Gasteiger partial charge < -0.3 is 15.4 Å². The Hall–Kier alpha value is -3.05. The Morgan fingerprint density at radius 3 is 2.48 bits per heavy atom. The summed E-state index contributed by atoms with van der Waals surface area (Å²) < 4.78 is 5.74. The van der Waals surface area contributed by atoms with Gasteiger partial charge in [0.05, 0.1) is 39.9 Å². The van der Waals surface area contributed by atoms with Crippen LogP contribution in [0.5, 0.6) is 5.75 Å². The molecule has 1 heterocycles. The molecule has 1 aromatic heterocycles. The molecular formula is C21H20ClN3O2. The molecule has 1 amide bonds. The lowest BCUT2D eigenvalue weighted by Crippen LogP contribution is -2.15. The molecule has 0 radical (unpaired) electrons. The van der Waals surface area contributed by atoms with Crippen molar-refractivity contribution in [3.8, 4) is 5.75 Å². The predicted octanol–water partition coefficient (Wildman–Crippen LogP) is 5.52. The SMILES string of the molecule is CC(C)Oc1ccccc1NC(=O)c1cncc(Nc2ccccc2Cl)c1. The molecule has 27 heavy (non-hydrogen) atoms. The Kier molecular flexibility index (Phi) is 5.94. The monoisotopic (exact) mass is 381 g/mol. The van der Waals surface area contributed by atoms with Gasteiger partial charge in [-0.1, -0.05) is 35.9 Å². The number of hydrogen-bond acceptors (Lipinski definition) is 4. The van der Waals surface area contributed by atoms with E-state index in [4.69, 9.17) is 16.3 Å². The summed E-state index contributed by atoms with van der Waals surface area (Å²) in [6.07, 6.45) is 3.16. The van der Waals surface area contributed by atoms with Crippen molar-refractivity contribution in [1.29, 1.82) is 0 Å². The number of para-hydroxylation sites is 3. The second-order valence-corrected chi connectivity index (χ2v) is 6.59. The molecule has 0 unspecified atom stereocenters. The third kappa shape index (κ3) is 4.99. The van der Waals surface area contributed by atoms with Crippen molar-refractivity contribution >= 4 is 34.6 Å². The standard InChI is InChI=1S/C21H20ClN3O2/c1-14(2)27-20-10-6-5-9-19(20)25-21(26)15-11-16(13-23-12-15)24-18-8-4-3-7-17(18)22/h3-14,24H,1-2H3,(H,25,26). The van der Waals surface area contributed by atoms with Gasteiger partial charge in [0, 0.05) is 6.20 Å². The fourth-order valence-electron chi connectivity index (χ4n) is 2.47. The van der Waals surface area contributed by atoms with Crippen LogP contribution in [0.1, 0.15) is 24.2 Å². The van der Waals surface area contributed by atoms with Gasteiger partial charge in [-0.15, -0.1) is 0 Å². The minimum atomic E-state index is -0.273. The maximum atomic E-state index is 12.7. The number of hydrogen-bond donors (Lipinski definition) is 2. The fourth-order valence-corrected chi connectivity index (χ4v) is 2.65. The quantitative estimate of drug-likeness (QED) is 0.590. The van der Waals surface area contributed by atoms with E-state index >= 15 is 0 Å². The van der Waals surface area contributed by atoms with Crippen LogP contribution in [-0.2, 0) is 0 Å². The molecule has 0 aliphatic carbocycles. The highest BCUT2D eigenvalue weighted by molar-refractivity contribution is 6.33. The topological polar surface area (TPSA) is 63.2 Å². The van der Waals surface area contributed by atoms with Crippen molar-refractivity contribution in [3.63, 3.8) is 0 Å². The van der Waals surface area contributed by atoms with Gasteiger partial charge in [0.25, 0.3) is 5.91 Å². The molecule has 0 aliphatic rings. The lowest BCUT2D eigenvalue weighted by atomic mass is 10.2. The normalized spacial score (nSPS) is 10.5. The summed E-state index contributed by atoms with van der Waals surface area (Å²) in [5.74, 6) is 0.351. The summed E-state index contributed by atoms with van der Waals surface area (Å²) in [7, 11) is 0. The molecule has 0 aliphatic heterocycles. The van der Waals surface area contributed by atoms with Crippen LogP contribution in [0.4, 0.5) is 17.1 Å². The van der Waals surface area contributed by atoms with Crippen LogP contribution in [0.2, 0.25) is 5.02 Å². The zero-order valence-corrected chi connectivity index (χ0v) is 15.8. The summed E-state index contributed by atoms with van der Waals surface area (Å²) in [5.41, 5.74) is 2.45. The average Bonchev–Trinajstić information content (AvgIpc) is 2.65. The van der Waals surface area contributed by atoms with E-state index in [1.54, 1.807) is 24.4 Å². The first-order valence-corrected chi connectivity index (χ1v) is 8.94. The predicted molar refractivity (Wildman–Crippen MR) is 109 cm³/mol. The maximum Gasteiger partial charge on any atom is 0.257 e. The number of benzene rings is 2. The third-order valence-electron chi connectivity index (χ3n) is 3.65. The highest BCUT2D eigenvalue weighted by atomic mass is 35.5. The number of halogens is 1. The van der Waals surface area contributed by atoms with Crippen molar-refractivity contribution < 1.29 is 9.53 Å². The molecule has 2 aromatic carbocycles. The first-order chi connectivity index (χ1) is 13.0. The van der Waals surface area contributed by atoms with Gasteiger partial charge in [0.15, 0.2) is 0 Å². The molecule has 3 aromatic rings. The van der Waals surface area contributed by atoms with Gasteiger partial charge in [0.2, 0.25) is 0 Å². The van der Waals surface area contributed by atoms with Gasteiger partial charge >= 0.3 is 0 Å². The fraction of sp³-hybridized carbons (Fsp3) is 0.143. The number of pyridine rings is 1. The van der Waals surface area contributed by atoms with Crippen molar-refractivity contribution in [2.75, 3.05) is 10.6 Å². The second-order valence-electron chi connectivity index (χ2n) is 6.18. The largest absolute Gasteiger partial charge is 0.489 e. The lowest BCUT2D eigenvalue weighted by molar-refractivity contribution is 0.102. The van der Waals surface area contributed by atoms with Crippen LogP contribution in [0.15, 0.2) is 67.0 Å². The molecular weight excluding hydrogens is 362 g/mol. The number of aromatic nitrogens is 1. The number of anilines is 3. The number of ether oxygens (including phenoxy) is 1. The van der Waals surface area contributed by atoms with Gasteiger partial charge in [-0.25, -0.2) is 0 Å². The highest BCUT2D eigenvalue weighted by Gasteiger charge is 2.12. The molecule has 2 N–H and O–H groups in total. The lowest BCUT2D eigenvalue weighted by Gasteiger charge is -2.15. The summed E-state index contributed by atoms with van der Waals surface area (Å²) >= 11 is 6.17. The summed E-state index contributed by atoms with van der Waals surface area (Å²) in [6, 6.07) is 16.4.